The molecule has 1 aromatic carbocycles. The van der Waals surface area contributed by atoms with Crippen molar-refractivity contribution in [1.29, 1.82) is 0 Å². The van der Waals surface area contributed by atoms with E-state index in [4.69, 9.17) is 4.74 Å². The average Bonchev–Trinajstić information content (AvgIpc) is 2.32. The molecule has 17 heavy (non-hydrogen) atoms. The number of ether oxygens (including phenoxy) is 1. The van der Waals surface area contributed by atoms with E-state index in [-0.39, 0.29) is 0 Å². The predicted octanol–water partition coefficient (Wildman–Crippen LogP) is 4.73. The Morgan fingerprint density at radius 3 is 2.47 bits per heavy atom. The summed E-state index contributed by atoms with van der Waals surface area (Å²) < 4.78 is 5.80. The molecule has 1 nitrogen and oxygen atoms in total. The van der Waals surface area contributed by atoms with Gasteiger partial charge in [-0.15, -0.1) is 0 Å². The Balaban J connectivity index is 2.99. The molecule has 0 aliphatic heterocycles. The van der Waals surface area contributed by atoms with Gasteiger partial charge >= 0.3 is 0 Å². The van der Waals surface area contributed by atoms with E-state index in [0.717, 1.165) is 30.5 Å². The third kappa shape index (κ3) is 3.74. The van der Waals surface area contributed by atoms with Crippen molar-refractivity contribution in [1.82, 2.24) is 0 Å². The maximum Gasteiger partial charge on any atom is 0.122 e. The van der Waals surface area contributed by atoms with E-state index < -0.39 is 0 Å². The lowest BCUT2D eigenvalue weighted by atomic mass is 9.94. The second-order valence-corrected chi connectivity index (χ2v) is 5.35. The molecule has 0 aromatic heterocycles. The first-order chi connectivity index (χ1) is 8.11. The standard InChI is InChI=1S/C15H23BrO/c1-5-9-17-15-10-11(2)14(7-6-8-16)12(3)13(15)4/h10H,5-9H2,1-4H3. The number of aryl methyl sites for hydroxylation is 1. The number of hydrogen-bond donors (Lipinski definition) is 0. The van der Waals surface area contributed by atoms with Gasteiger partial charge in [-0.2, -0.15) is 0 Å². The molecule has 0 aliphatic carbocycles. The maximum atomic E-state index is 5.80. The van der Waals surface area contributed by atoms with E-state index in [0.29, 0.717) is 0 Å². The van der Waals surface area contributed by atoms with Gasteiger partial charge in [0, 0.05) is 5.33 Å². The molecular weight excluding hydrogens is 276 g/mol. The molecular formula is C15H23BrO. The van der Waals surface area contributed by atoms with Gasteiger partial charge in [-0.3, -0.25) is 0 Å². The van der Waals surface area contributed by atoms with Crippen molar-refractivity contribution in [3.63, 3.8) is 0 Å². The van der Waals surface area contributed by atoms with Gasteiger partial charge in [-0.25, -0.2) is 0 Å². The van der Waals surface area contributed by atoms with Crippen molar-refractivity contribution in [2.24, 2.45) is 0 Å². The number of rotatable bonds is 6. The lowest BCUT2D eigenvalue weighted by Crippen LogP contribution is -2.03. The molecule has 0 amide bonds. The van der Waals surface area contributed by atoms with Crippen molar-refractivity contribution in [2.45, 2.75) is 47.0 Å². The lowest BCUT2D eigenvalue weighted by molar-refractivity contribution is 0.315. The topological polar surface area (TPSA) is 9.23 Å². The molecule has 2 heteroatoms. The van der Waals surface area contributed by atoms with Crippen LogP contribution in [0.1, 0.15) is 42.0 Å². The Labute approximate surface area is 114 Å². The van der Waals surface area contributed by atoms with Crippen LogP contribution in [0.2, 0.25) is 0 Å². The highest BCUT2D eigenvalue weighted by atomic mass is 79.9. The van der Waals surface area contributed by atoms with Gasteiger partial charge in [-0.05, 0) is 68.4 Å². The van der Waals surface area contributed by atoms with Crippen LogP contribution >= 0.6 is 15.9 Å². The predicted molar refractivity (Wildman–Crippen MR) is 78.6 cm³/mol. The molecule has 0 radical (unpaired) electrons. The Morgan fingerprint density at radius 2 is 1.88 bits per heavy atom. The summed E-state index contributed by atoms with van der Waals surface area (Å²) in [6, 6.07) is 2.20. The molecule has 0 spiro atoms. The minimum atomic E-state index is 0.806. The second-order valence-electron chi connectivity index (χ2n) is 4.56. The monoisotopic (exact) mass is 298 g/mol. The molecule has 1 aromatic rings. The number of benzene rings is 1. The van der Waals surface area contributed by atoms with Crippen LogP contribution in [-0.2, 0) is 6.42 Å². The maximum absolute atomic E-state index is 5.80. The molecule has 0 fully saturated rings. The summed E-state index contributed by atoms with van der Waals surface area (Å²) in [7, 11) is 0. The fraction of sp³-hybridized carbons (Fsp3) is 0.600. The van der Waals surface area contributed by atoms with Crippen molar-refractivity contribution >= 4 is 15.9 Å². The Kier molecular flexibility index (Phi) is 6.04. The molecule has 0 bridgehead atoms. The summed E-state index contributed by atoms with van der Waals surface area (Å²) in [4.78, 5) is 0. The molecule has 1 rings (SSSR count). The molecule has 0 saturated carbocycles. The van der Waals surface area contributed by atoms with Crippen LogP contribution < -0.4 is 4.74 Å². The minimum Gasteiger partial charge on any atom is -0.493 e. The van der Waals surface area contributed by atoms with Crippen LogP contribution in [0.25, 0.3) is 0 Å². The average molecular weight is 299 g/mol. The summed E-state index contributed by atoms with van der Waals surface area (Å²) in [5.41, 5.74) is 5.55. The minimum absolute atomic E-state index is 0.806. The van der Waals surface area contributed by atoms with Gasteiger partial charge in [-0.1, -0.05) is 22.9 Å². The second kappa shape index (κ2) is 7.05. The van der Waals surface area contributed by atoms with Crippen LogP contribution in [0.3, 0.4) is 0 Å². The van der Waals surface area contributed by atoms with E-state index in [1.54, 1.807) is 0 Å². The highest BCUT2D eigenvalue weighted by Gasteiger charge is 2.10. The fourth-order valence-corrected chi connectivity index (χ4v) is 2.37. The van der Waals surface area contributed by atoms with E-state index in [1.165, 1.54) is 28.7 Å². The molecule has 96 valence electrons. The Hall–Kier alpha value is -0.500. The number of halogens is 1. The quantitative estimate of drug-likeness (QED) is 0.690. The highest BCUT2D eigenvalue weighted by molar-refractivity contribution is 9.09. The molecule has 0 heterocycles. The van der Waals surface area contributed by atoms with Crippen LogP contribution in [0.15, 0.2) is 6.07 Å². The normalized spacial score (nSPS) is 10.6. The molecule has 0 unspecified atom stereocenters. The van der Waals surface area contributed by atoms with Gasteiger partial charge in [0.1, 0.15) is 5.75 Å². The summed E-state index contributed by atoms with van der Waals surface area (Å²) in [5, 5.41) is 1.07. The van der Waals surface area contributed by atoms with Gasteiger partial charge in [0.25, 0.3) is 0 Å². The zero-order valence-electron chi connectivity index (χ0n) is 11.4. The smallest absolute Gasteiger partial charge is 0.122 e. The number of alkyl halides is 1. The van der Waals surface area contributed by atoms with Crippen LogP contribution in [-0.4, -0.2) is 11.9 Å². The van der Waals surface area contributed by atoms with Gasteiger partial charge in [0.15, 0.2) is 0 Å². The third-order valence-corrected chi connectivity index (χ3v) is 3.79. The van der Waals surface area contributed by atoms with E-state index in [2.05, 4.69) is 49.7 Å². The van der Waals surface area contributed by atoms with Crippen LogP contribution in [0.5, 0.6) is 5.75 Å². The zero-order valence-corrected chi connectivity index (χ0v) is 13.0. The van der Waals surface area contributed by atoms with Crippen molar-refractivity contribution in [3.05, 3.63) is 28.3 Å². The first-order valence-corrected chi connectivity index (χ1v) is 7.52. The zero-order chi connectivity index (χ0) is 12.8. The largest absolute Gasteiger partial charge is 0.493 e. The van der Waals surface area contributed by atoms with Crippen LogP contribution in [0, 0.1) is 20.8 Å². The summed E-state index contributed by atoms with van der Waals surface area (Å²) in [6.07, 6.45) is 3.40. The van der Waals surface area contributed by atoms with E-state index in [1.807, 2.05) is 0 Å². The molecule has 0 atom stereocenters. The van der Waals surface area contributed by atoms with Gasteiger partial charge in [0.2, 0.25) is 0 Å². The van der Waals surface area contributed by atoms with Crippen molar-refractivity contribution in [2.75, 3.05) is 11.9 Å². The summed E-state index contributed by atoms with van der Waals surface area (Å²) in [6.45, 7) is 9.51. The first kappa shape index (κ1) is 14.6. The molecule has 0 N–H and O–H groups in total. The van der Waals surface area contributed by atoms with Gasteiger partial charge < -0.3 is 4.74 Å². The number of hydrogen-bond acceptors (Lipinski definition) is 1. The molecule has 0 saturated heterocycles. The van der Waals surface area contributed by atoms with Gasteiger partial charge in [0.05, 0.1) is 6.61 Å². The van der Waals surface area contributed by atoms with Crippen molar-refractivity contribution in [3.8, 4) is 5.75 Å². The highest BCUT2D eigenvalue weighted by Crippen LogP contribution is 2.28. The SMILES string of the molecule is CCCOc1cc(C)c(CCCBr)c(C)c1C. The van der Waals surface area contributed by atoms with Crippen LogP contribution in [0.4, 0.5) is 0 Å². The lowest BCUT2D eigenvalue weighted by Gasteiger charge is -2.17. The third-order valence-electron chi connectivity index (χ3n) is 3.23. The van der Waals surface area contributed by atoms with E-state index >= 15 is 0 Å². The Bertz CT molecular complexity index is 372. The Morgan fingerprint density at radius 1 is 1.18 bits per heavy atom. The first-order valence-electron chi connectivity index (χ1n) is 6.40. The summed E-state index contributed by atoms with van der Waals surface area (Å²) >= 11 is 3.50. The molecule has 0 aliphatic rings. The van der Waals surface area contributed by atoms with E-state index in [9.17, 15) is 0 Å². The summed E-state index contributed by atoms with van der Waals surface area (Å²) in [5.74, 6) is 1.06. The van der Waals surface area contributed by atoms with Crippen molar-refractivity contribution < 1.29 is 4.74 Å². The fourth-order valence-electron chi connectivity index (χ4n) is 2.09.